The van der Waals surface area contributed by atoms with Gasteiger partial charge in [-0.3, -0.25) is 0 Å². The Balaban J connectivity index is 1.55. The summed E-state index contributed by atoms with van der Waals surface area (Å²) < 4.78 is 5.18. The van der Waals surface area contributed by atoms with E-state index in [-0.39, 0.29) is 12.1 Å². The van der Waals surface area contributed by atoms with Gasteiger partial charge in [0.25, 0.3) is 0 Å². The lowest BCUT2D eigenvalue weighted by Gasteiger charge is -2.24. The van der Waals surface area contributed by atoms with Crippen LogP contribution in [-0.4, -0.2) is 42.8 Å². The number of urea groups is 1. The first-order valence-corrected chi connectivity index (χ1v) is 8.87. The Morgan fingerprint density at radius 2 is 2.15 bits per heavy atom. The molecule has 9 nitrogen and oxygen atoms in total. The fourth-order valence-corrected chi connectivity index (χ4v) is 3.34. The van der Waals surface area contributed by atoms with Crippen LogP contribution in [0.1, 0.15) is 35.9 Å². The summed E-state index contributed by atoms with van der Waals surface area (Å²) in [6, 6.07) is 7.40. The number of nitrogens with one attached hydrogen (secondary N) is 1. The number of hydrogen-bond acceptors (Lipinski definition) is 6. The highest BCUT2D eigenvalue weighted by molar-refractivity contribution is 5.91. The van der Waals surface area contributed by atoms with Crippen LogP contribution in [0.4, 0.5) is 10.5 Å². The lowest BCUT2D eigenvalue weighted by molar-refractivity contribution is 0.204. The van der Waals surface area contributed by atoms with Crippen molar-refractivity contribution in [3.63, 3.8) is 0 Å². The number of likely N-dealkylation sites (tertiary alicyclic amines) is 1. The number of benzene rings is 1. The summed E-state index contributed by atoms with van der Waals surface area (Å²) in [6.07, 6.45) is 1.81. The second-order valence-corrected chi connectivity index (χ2v) is 6.78. The van der Waals surface area contributed by atoms with E-state index in [2.05, 4.69) is 25.9 Å². The molecular formula is C18H21N7O2. The van der Waals surface area contributed by atoms with Gasteiger partial charge in [0, 0.05) is 23.9 Å². The minimum Gasteiger partial charge on any atom is -0.361 e. The van der Waals surface area contributed by atoms with E-state index in [1.165, 1.54) is 4.80 Å². The van der Waals surface area contributed by atoms with Crippen LogP contribution in [0, 0.1) is 13.8 Å². The highest BCUT2D eigenvalue weighted by atomic mass is 16.5. The largest absolute Gasteiger partial charge is 0.361 e. The molecule has 0 spiro atoms. The van der Waals surface area contributed by atoms with Gasteiger partial charge in [-0.1, -0.05) is 17.3 Å². The molecule has 9 heteroatoms. The van der Waals surface area contributed by atoms with Crippen LogP contribution in [-0.2, 0) is 7.05 Å². The fraction of sp³-hybridized carbons (Fsp3) is 0.389. The zero-order chi connectivity index (χ0) is 19.0. The second kappa shape index (κ2) is 6.82. The van der Waals surface area contributed by atoms with Crippen molar-refractivity contribution >= 4 is 11.7 Å². The Bertz CT molecular complexity index is 978. The van der Waals surface area contributed by atoms with Gasteiger partial charge in [-0.05, 0) is 43.5 Å². The molecule has 2 amide bonds. The van der Waals surface area contributed by atoms with E-state index in [4.69, 9.17) is 4.52 Å². The number of aromatic nitrogens is 5. The molecular weight excluding hydrogens is 346 g/mol. The summed E-state index contributed by atoms with van der Waals surface area (Å²) in [5.74, 6) is 1.27. The SMILES string of the molecule is Cc1cc([C@H]2CCCN2C(=O)Nc2cc(-c3nnn(C)n3)ccc2C)no1. The standard InChI is InChI=1S/C18H21N7O2/c1-11-6-7-13(17-20-23-24(3)21-17)10-14(11)19-18(26)25-8-4-5-16(25)15-9-12(2)27-22-15/h6-7,9-10,16H,4-5,8H2,1-3H3,(H,19,26)/t16-/m1/s1. The average molecular weight is 367 g/mol. The third kappa shape index (κ3) is 3.40. The van der Waals surface area contributed by atoms with Crippen molar-refractivity contribution < 1.29 is 9.32 Å². The van der Waals surface area contributed by atoms with Crippen LogP contribution in [0.2, 0.25) is 0 Å². The molecule has 0 saturated carbocycles. The lowest BCUT2D eigenvalue weighted by atomic mass is 10.1. The molecule has 1 aliphatic rings. The molecule has 4 rings (SSSR count). The Hall–Kier alpha value is -3.23. The monoisotopic (exact) mass is 367 g/mol. The van der Waals surface area contributed by atoms with E-state index in [1.807, 2.05) is 43.0 Å². The maximum atomic E-state index is 12.9. The van der Waals surface area contributed by atoms with Crippen molar-refractivity contribution in [2.24, 2.45) is 7.05 Å². The van der Waals surface area contributed by atoms with Crippen LogP contribution in [0.3, 0.4) is 0 Å². The molecule has 1 aliphatic heterocycles. The molecule has 27 heavy (non-hydrogen) atoms. The predicted octanol–water partition coefficient (Wildman–Crippen LogP) is 2.85. The third-order valence-electron chi connectivity index (χ3n) is 4.75. The van der Waals surface area contributed by atoms with Gasteiger partial charge in [0.1, 0.15) is 11.5 Å². The van der Waals surface area contributed by atoms with Crippen LogP contribution in [0.5, 0.6) is 0 Å². The van der Waals surface area contributed by atoms with Crippen LogP contribution in [0.25, 0.3) is 11.4 Å². The van der Waals surface area contributed by atoms with Crippen LogP contribution in [0.15, 0.2) is 28.8 Å². The van der Waals surface area contributed by atoms with E-state index in [0.717, 1.165) is 41.1 Å². The highest BCUT2D eigenvalue weighted by Crippen LogP contribution is 2.32. The second-order valence-electron chi connectivity index (χ2n) is 6.78. The number of aryl methyl sites for hydroxylation is 3. The Morgan fingerprint density at radius 1 is 1.30 bits per heavy atom. The molecule has 2 aromatic heterocycles. The zero-order valence-corrected chi connectivity index (χ0v) is 15.5. The number of carbonyl (C=O) groups excluding carboxylic acids is 1. The highest BCUT2D eigenvalue weighted by Gasteiger charge is 2.32. The molecule has 0 radical (unpaired) electrons. The third-order valence-corrected chi connectivity index (χ3v) is 4.75. The Kier molecular flexibility index (Phi) is 4.35. The Morgan fingerprint density at radius 3 is 2.85 bits per heavy atom. The number of nitrogens with zero attached hydrogens (tertiary/aromatic N) is 6. The number of hydrogen-bond donors (Lipinski definition) is 1. The number of rotatable bonds is 3. The first kappa shape index (κ1) is 17.2. The Labute approximate surface area is 156 Å². The topological polar surface area (TPSA) is 102 Å². The maximum absolute atomic E-state index is 12.9. The zero-order valence-electron chi connectivity index (χ0n) is 15.5. The summed E-state index contributed by atoms with van der Waals surface area (Å²) in [5.41, 5.74) is 3.29. The average Bonchev–Trinajstić information content (AvgIpc) is 3.37. The van der Waals surface area contributed by atoms with E-state index < -0.39 is 0 Å². The van der Waals surface area contributed by atoms with Crippen molar-refractivity contribution in [3.05, 3.63) is 41.3 Å². The van der Waals surface area contributed by atoms with Crippen molar-refractivity contribution in [2.75, 3.05) is 11.9 Å². The number of anilines is 1. The van der Waals surface area contributed by atoms with Crippen molar-refractivity contribution in [2.45, 2.75) is 32.7 Å². The number of carbonyl (C=O) groups is 1. The molecule has 1 atom stereocenters. The smallest absolute Gasteiger partial charge is 0.322 e. The van der Waals surface area contributed by atoms with E-state index >= 15 is 0 Å². The molecule has 3 heterocycles. The van der Waals surface area contributed by atoms with E-state index in [0.29, 0.717) is 12.4 Å². The molecule has 1 aromatic carbocycles. The van der Waals surface area contributed by atoms with Crippen LogP contribution < -0.4 is 5.32 Å². The van der Waals surface area contributed by atoms with Gasteiger partial charge in [0.2, 0.25) is 5.82 Å². The van der Waals surface area contributed by atoms with Gasteiger partial charge in [-0.25, -0.2) is 4.79 Å². The first-order valence-electron chi connectivity index (χ1n) is 8.87. The fourth-order valence-electron chi connectivity index (χ4n) is 3.34. The molecule has 3 aromatic rings. The van der Waals surface area contributed by atoms with Gasteiger partial charge in [0.05, 0.1) is 13.1 Å². The minimum atomic E-state index is -0.148. The molecule has 1 N–H and O–H groups in total. The van der Waals surface area contributed by atoms with E-state index in [9.17, 15) is 4.79 Å². The first-order chi connectivity index (χ1) is 13.0. The van der Waals surface area contributed by atoms with E-state index in [1.54, 1.807) is 7.05 Å². The quantitative estimate of drug-likeness (QED) is 0.764. The summed E-state index contributed by atoms with van der Waals surface area (Å²) in [5, 5.41) is 19.2. The van der Waals surface area contributed by atoms with Gasteiger partial charge < -0.3 is 14.7 Å². The molecule has 1 saturated heterocycles. The summed E-state index contributed by atoms with van der Waals surface area (Å²) in [4.78, 5) is 16.1. The molecule has 0 aliphatic carbocycles. The van der Waals surface area contributed by atoms with Crippen molar-refractivity contribution in [1.82, 2.24) is 30.3 Å². The lowest BCUT2D eigenvalue weighted by Crippen LogP contribution is -2.34. The molecule has 0 bridgehead atoms. The molecule has 0 unspecified atom stereocenters. The number of amides is 2. The maximum Gasteiger partial charge on any atom is 0.322 e. The minimum absolute atomic E-state index is 0.0624. The molecule has 140 valence electrons. The van der Waals surface area contributed by atoms with Gasteiger partial charge in [-0.15, -0.1) is 10.2 Å². The van der Waals surface area contributed by atoms with Crippen molar-refractivity contribution in [3.8, 4) is 11.4 Å². The van der Waals surface area contributed by atoms with Gasteiger partial charge in [0.15, 0.2) is 0 Å². The van der Waals surface area contributed by atoms with Gasteiger partial charge >= 0.3 is 6.03 Å². The van der Waals surface area contributed by atoms with Crippen molar-refractivity contribution in [1.29, 1.82) is 0 Å². The summed E-state index contributed by atoms with van der Waals surface area (Å²) in [6.45, 7) is 4.49. The molecule has 1 fully saturated rings. The predicted molar refractivity (Wildman–Crippen MR) is 97.9 cm³/mol. The summed E-state index contributed by atoms with van der Waals surface area (Å²) in [7, 11) is 1.71. The number of tetrazole rings is 1. The summed E-state index contributed by atoms with van der Waals surface area (Å²) >= 11 is 0. The van der Waals surface area contributed by atoms with Crippen LogP contribution >= 0.6 is 0 Å². The normalized spacial score (nSPS) is 16.7. The van der Waals surface area contributed by atoms with Gasteiger partial charge in [-0.2, -0.15) is 4.80 Å².